The molecule has 0 amide bonds. The molecule has 2 aromatic heterocycles. The van der Waals surface area contributed by atoms with Gasteiger partial charge in [-0.2, -0.15) is 0 Å². The fourth-order valence-electron chi connectivity index (χ4n) is 2.18. The molecule has 16 heavy (non-hydrogen) atoms. The second-order valence-electron chi connectivity index (χ2n) is 4.08. The van der Waals surface area contributed by atoms with Gasteiger partial charge in [0.05, 0.1) is 11.5 Å². The van der Waals surface area contributed by atoms with Gasteiger partial charge in [0.1, 0.15) is 17.0 Å². The van der Waals surface area contributed by atoms with E-state index in [0.29, 0.717) is 6.54 Å². The van der Waals surface area contributed by atoms with Gasteiger partial charge in [-0.25, -0.2) is 9.97 Å². The summed E-state index contributed by atoms with van der Waals surface area (Å²) in [4.78, 5) is 11.8. The summed E-state index contributed by atoms with van der Waals surface area (Å²) in [5, 5.41) is 12.8. The van der Waals surface area contributed by atoms with Gasteiger partial charge in [0.2, 0.25) is 0 Å². The van der Waals surface area contributed by atoms with Crippen molar-refractivity contribution < 1.29 is 5.11 Å². The van der Waals surface area contributed by atoms with Crippen molar-refractivity contribution in [2.24, 2.45) is 0 Å². The van der Waals surface area contributed by atoms with E-state index < -0.39 is 0 Å². The Bertz CT molecular complexity index is 499. The fourth-order valence-corrected chi connectivity index (χ4v) is 2.90. The molecule has 0 aromatic carbocycles. The maximum Gasteiger partial charge on any atom is 0.140 e. The van der Waals surface area contributed by atoms with E-state index in [4.69, 9.17) is 0 Å². The highest BCUT2D eigenvalue weighted by Crippen LogP contribution is 2.28. The Morgan fingerprint density at radius 1 is 1.44 bits per heavy atom. The van der Waals surface area contributed by atoms with E-state index >= 15 is 0 Å². The second-order valence-corrected chi connectivity index (χ2v) is 4.97. The third kappa shape index (κ3) is 1.66. The zero-order chi connectivity index (χ0) is 11.0. The van der Waals surface area contributed by atoms with Gasteiger partial charge in [0.25, 0.3) is 0 Å². The zero-order valence-electron chi connectivity index (χ0n) is 8.83. The van der Waals surface area contributed by atoms with Crippen LogP contribution in [0.4, 0.5) is 5.82 Å². The van der Waals surface area contributed by atoms with Crippen LogP contribution in [-0.4, -0.2) is 34.3 Å². The lowest BCUT2D eigenvalue weighted by Gasteiger charge is -2.31. The van der Waals surface area contributed by atoms with Crippen molar-refractivity contribution in [1.29, 1.82) is 0 Å². The Kier molecular flexibility index (Phi) is 2.49. The van der Waals surface area contributed by atoms with Gasteiger partial charge in [-0.05, 0) is 24.3 Å². The summed E-state index contributed by atoms with van der Waals surface area (Å²) in [6.07, 6.45) is 3.30. The van der Waals surface area contributed by atoms with Gasteiger partial charge in [0.15, 0.2) is 0 Å². The van der Waals surface area contributed by atoms with Gasteiger partial charge in [0, 0.05) is 13.1 Å². The lowest BCUT2D eigenvalue weighted by atomic mass is 10.1. The monoisotopic (exact) mass is 235 g/mol. The smallest absolute Gasteiger partial charge is 0.140 e. The van der Waals surface area contributed by atoms with Crippen LogP contribution >= 0.6 is 11.3 Å². The third-order valence-corrected chi connectivity index (χ3v) is 3.76. The molecule has 84 valence electrons. The van der Waals surface area contributed by atoms with Crippen LogP contribution < -0.4 is 4.90 Å². The molecule has 0 saturated carbocycles. The van der Waals surface area contributed by atoms with E-state index in [9.17, 15) is 5.11 Å². The quantitative estimate of drug-likeness (QED) is 0.816. The van der Waals surface area contributed by atoms with Crippen LogP contribution in [0.3, 0.4) is 0 Å². The SMILES string of the molecule is O[C@H]1CCCN(c2ncnc3sccc23)C1. The fraction of sp³-hybridized carbons (Fsp3) is 0.455. The summed E-state index contributed by atoms with van der Waals surface area (Å²) < 4.78 is 0. The molecule has 1 N–H and O–H groups in total. The van der Waals surface area contributed by atoms with Crippen molar-refractivity contribution in [1.82, 2.24) is 9.97 Å². The molecule has 4 nitrogen and oxygen atoms in total. The van der Waals surface area contributed by atoms with Gasteiger partial charge >= 0.3 is 0 Å². The van der Waals surface area contributed by atoms with Crippen molar-refractivity contribution in [2.75, 3.05) is 18.0 Å². The van der Waals surface area contributed by atoms with E-state index in [1.165, 1.54) is 0 Å². The average Bonchev–Trinajstić information content (AvgIpc) is 2.76. The number of anilines is 1. The highest BCUT2D eigenvalue weighted by molar-refractivity contribution is 7.16. The Morgan fingerprint density at radius 3 is 3.25 bits per heavy atom. The number of aromatic nitrogens is 2. The minimum absolute atomic E-state index is 0.225. The molecular formula is C11H13N3OS. The van der Waals surface area contributed by atoms with Crippen LogP contribution in [0.1, 0.15) is 12.8 Å². The molecule has 0 aliphatic carbocycles. The molecule has 2 aromatic rings. The number of fused-ring (bicyclic) bond motifs is 1. The average molecular weight is 235 g/mol. The highest BCUT2D eigenvalue weighted by atomic mass is 32.1. The van der Waals surface area contributed by atoms with Crippen LogP contribution in [-0.2, 0) is 0 Å². The molecule has 1 saturated heterocycles. The third-order valence-electron chi connectivity index (χ3n) is 2.94. The Balaban J connectivity index is 2.01. The van der Waals surface area contributed by atoms with E-state index in [0.717, 1.165) is 35.4 Å². The molecule has 0 bridgehead atoms. The van der Waals surface area contributed by atoms with E-state index in [1.807, 2.05) is 5.38 Å². The van der Waals surface area contributed by atoms with Crippen LogP contribution in [0.2, 0.25) is 0 Å². The number of aliphatic hydroxyl groups is 1. The first-order valence-corrected chi connectivity index (χ1v) is 6.34. The number of hydrogen-bond acceptors (Lipinski definition) is 5. The summed E-state index contributed by atoms with van der Waals surface area (Å²) in [6, 6.07) is 2.05. The molecule has 3 rings (SSSR count). The number of piperidine rings is 1. The van der Waals surface area contributed by atoms with Crippen molar-refractivity contribution >= 4 is 27.4 Å². The van der Waals surface area contributed by atoms with Gasteiger partial charge in [-0.3, -0.25) is 0 Å². The predicted molar refractivity (Wildman–Crippen MR) is 64.9 cm³/mol. The Labute approximate surface area is 97.6 Å². The standard InChI is InChI=1S/C11H13N3OS/c15-8-2-1-4-14(6-8)10-9-3-5-16-11(9)13-7-12-10/h3,5,7-8,15H,1-2,4,6H2/t8-/m0/s1. The minimum atomic E-state index is -0.225. The summed E-state index contributed by atoms with van der Waals surface area (Å²) in [7, 11) is 0. The number of aliphatic hydroxyl groups excluding tert-OH is 1. The Morgan fingerprint density at radius 2 is 2.38 bits per heavy atom. The molecular weight excluding hydrogens is 222 g/mol. The first-order chi connectivity index (χ1) is 7.84. The molecule has 1 aliphatic rings. The maximum atomic E-state index is 9.68. The molecule has 3 heterocycles. The summed E-state index contributed by atoms with van der Waals surface area (Å²) in [5.74, 6) is 0.963. The van der Waals surface area contributed by atoms with Gasteiger partial charge in [-0.1, -0.05) is 0 Å². The first kappa shape index (κ1) is 9.99. The molecule has 1 atom stereocenters. The summed E-state index contributed by atoms with van der Waals surface area (Å²) >= 11 is 1.63. The molecule has 0 radical (unpaired) electrons. The number of thiophene rings is 1. The normalized spacial score (nSPS) is 21.6. The van der Waals surface area contributed by atoms with Crippen LogP contribution in [0.15, 0.2) is 17.8 Å². The predicted octanol–water partition coefficient (Wildman–Crippen LogP) is 1.65. The zero-order valence-corrected chi connectivity index (χ0v) is 9.65. The van der Waals surface area contributed by atoms with Crippen LogP contribution in [0, 0.1) is 0 Å². The molecule has 0 spiro atoms. The Hall–Kier alpha value is -1.20. The van der Waals surface area contributed by atoms with Gasteiger partial charge < -0.3 is 10.0 Å². The topological polar surface area (TPSA) is 49.2 Å². The second kappa shape index (κ2) is 3.99. The molecule has 1 aliphatic heterocycles. The van der Waals surface area contributed by atoms with E-state index in [1.54, 1.807) is 17.7 Å². The first-order valence-electron chi connectivity index (χ1n) is 5.46. The van der Waals surface area contributed by atoms with Crippen molar-refractivity contribution in [2.45, 2.75) is 18.9 Å². The largest absolute Gasteiger partial charge is 0.391 e. The van der Waals surface area contributed by atoms with Crippen molar-refractivity contribution in [3.63, 3.8) is 0 Å². The maximum absolute atomic E-state index is 9.68. The minimum Gasteiger partial charge on any atom is -0.391 e. The lowest BCUT2D eigenvalue weighted by molar-refractivity contribution is 0.154. The molecule has 0 unspecified atom stereocenters. The highest BCUT2D eigenvalue weighted by Gasteiger charge is 2.20. The number of β-amino-alcohol motifs (C(OH)–C–C–N with tert-alkyl or cyclic N) is 1. The van der Waals surface area contributed by atoms with Crippen molar-refractivity contribution in [3.8, 4) is 0 Å². The summed E-state index contributed by atoms with van der Waals surface area (Å²) in [6.45, 7) is 1.65. The van der Waals surface area contributed by atoms with E-state index in [2.05, 4.69) is 20.9 Å². The lowest BCUT2D eigenvalue weighted by Crippen LogP contribution is -2.38. The van der Waals surface area contributed by atoms with Gasteiger partial charge in [-0.15, -0.1) is 11.3 Å². The molecule has 5 heteroatoms. The molecule has 1 fully saturated rings. The van der Waals surface area contributed by atoms with Crippen LogP contribution in [0.25, 0.3) is 10.2 Å². The summed E-state index contributed by atoms with van der Waals surface area (Å²) in [5.41, 5.74) is 0. The van der Waals surface area contributed by atoms with Crippen molar-refractivity contribution in [3.05, 3.63) is 17.8 Å². The number of hydrogen-bond donors (Lipinski definition) is 1. The van der Waals surface area contributed by atoms with Crippen LogP contribution in [0.5, 0.6) is 0 Å². The number of nitrogens with zero attached hydrogens (tertiary/aromatic N) is 3. The number of rotatable bonds is 1. The van der Waals surface area contributed by atoms with E-state index in [-0.39, 0.29) is 6.10 Å².